The Hall–Kier alpha value is -2.94. The number of hydrogen-bond acceptors (Lipinski definition) is 5. The standard InChI is InChI=1S/C16H10ClF4N5/c17-12-7-11(5-6-13(12)18)23-14-8-22-26-15(25-14)24-10-3-1-9(2-4-10)16(19,20)21/h1-8H,(H2,23,24,25,26). The highest BCUT2D eigenvalue weighted by Gasteiger charge is 2.29. The van der Waals surface area contributed by atoms with Crippen molar-refractivity contribution in [2.45, 2.75) is 6.18 Å². The van der Waals surface area contributed by atoms with Gasteiger partial charge in [0.2, 0.25) is 5.95 Å². The lowest BCUT2D eigenvalue weighted by atomic mass is 10.2. The summed E-state index contributed by atoms with van der Waals surface area (Å²) in [7, 11) is 0. The number of alkyl halides is 3. The Labute approximate surface area is 150 Å². The maximum absolute atomic E-state index is 13.2. The van der Waals surface area contributed by atoms with E-state index in [9.17, 15) is 17.6 Å². The molecule has 0 spiro atoms. The lowest BCUT2D eigenvalue weighted by Crippen LogP contribution is -2.05. The van der Waals surface area contributed by atoms with Crippen LogP contribution in [0, 0.1) is 5.82 Å². The SMILES string of the molecule is Fc1ccc(Nc2cnnc(Nc3ccc(C(F)(F)F)cc3)n2)cc1Cl. The van der Waals surface area contributed by atoms with Crippen LogP contribution in [-0.4, -0.2) is 15.2 Å². The van der Waals surface area contributed by atoms with Crippen LogP contribution in [0.4, 0.5) is 40.7 Å². The fourth-order valence-corrected chi connectivity index (χ4v) is 2.19. The number of benzene rings is 2. The average molecular weight is 384 g/mol. The first-order valence-corrected chi connectivity index (χ1v) is 7.55. The van der Waals surface area contributed by atoms with Crippen LogP contribution in [0.3, 0.4) is 0 Å². The summed E-state index contributed by atoms with van der Waals surface area (Å²) >= 11 is 5.71. The molecule has 0 radical (unpaired) electrons. The van der Waals surface area contributed by atoms with E-state index in [0.717, 1.165) is 12.1 Å². The monoisotopic (exact) mass is 383 g/mol. The van der Waals surface area contributed by atoms with E-state index in [1.807, 2.05) is 0 Å². The van der Waals surface area contributed by atoms with Crippen molar-refractivity contribution in [3.05, 3.63) is 65.1 Å². The molecule has 5 nitrogen and oxygen atoms in total. The van der Waals surface area contributed by atoms with Gasteiger partial charge >= 0.3 is 6.18 Å². The molecule has 0 unspecified atom stereocenters. The summed E-state index contributed by atoms with van der Waals surface area (Å²) in [6, 6.07) is 8.43. The zero-order chi connectivity index (χ0) is 18.7. The molecule has 0 fully saturated rings. The maximum atomic E-state index is 13.2. The third kappa shape index (κ3) is 4.37. The van der Waals surface area contributed by atoms with Crippen LogP contribution < -0.4 is 10.6 Å². The van der Waals surface area contributed by atoms with Crippen LogP contribution in [0.15, 0.2) is 48.7 Å². The number of halogens is 5. The Morgan fingerprint density at radius 2 is 1.62 bits per heavy atom. The average Bonchev–Trinajstić information content (AvgIpc) is 2.58. The molecule has 2 N–H and O–H groups in total. The minimum atomic E-state index is -4.41. The van der Waals surface area contributed by atoms with E-state index < -0.39 is 17.6 Å². The number of nitrogens with one attached hydrogen (secondary N) is 2. The van der Waals surface area contributed by atoms with Crippen molar-refractivity contribution in [2.24, 2.45) is 0 Å². The van der Waals surface area contributed by atoms with Gasteiger partial charge in [0.15, 0.2) is 5.82 Å². The van der Waals surface area contributed by atoms with Crippen molar-refractivity contribution in [3.63, 3.8) is 0 Å². The van der Waals surface area contributed by atoms with Crippen LogP contribution >= 0.6 is 11.6 Å². The molecule has 3 aromatic rings. The highest BCUT2D eigenvalue weighted by Crippen LogP contribution is 2.30. The fraction of sp³-hybridized carbons (Fsp3) is 0.0625. The number of aromatic nitrogens is 3. The molecule has 0 bridgehead atoms. The van der Waals surface area contributed by atoms with Crippen molar-refractivity contribution in [2.75, 3.05) is 10.6 Å². The van der Waals surface area contributed by atoms with Gasteiger partial charge in [-0.1, -0.05) is 11.6 Å². The third-order valence-corrected chi connectivity index (χ3v) is 3.51. The molecule has 10 heteroatoms. The minimum Gasteiger partial charge on any atom is -0.339 e. The van der Waals surface area contributed by atoms with Gasteiger partial charge in [0.05, 0.1) is 16.8 Å². The molecule has 0 saturated carbocycles. The molecule has 1 heterocycles. The van der Waals surface area contributed by atoms with E-state index >= 15 is 0 Å². The molecule has 0 aliphatic heterocycles. The lowest BCUT2D eigenvalue weighted by Gasteiger charge is -2.09. The van der Waals surface area contributed by atoms with Gasteiger partial charge in [0, 0.05) is 11.4 Å². The summed E-state index contributed by atoms with van der Waals surface area (Å²) in [5, 5.41) is 13.1. The second kappa shape index (κ2) is 7.12. The van der Waals surface area contributed by atoms with Gasteiger partial charge in [0.1, 0.15) is 5.82 Å². The van der Waals surface area contributed by atoms with E-state index in [4.69, 9.17) is 11.6 Å². The molecule has 134 valence electrons. The minimum absolute atomic E-state index is 0.0554. The summed E-state index contributed by atoms with van der Waals surface area (Å²) in [6.45, 7) is 0. The van der Waals surface area contributed by atoms with Gasteiger partial charge in [-0.3, -0.25) is 0 Å². The molecule has 0 aliphatic rings. The number of rotatable bonds is 4. The highest BCUT2D eigenvalue weighted by atomic mass is 35.5. The summed E-state index contributed by atoms with van der Waals surface area (Å²) < 4.78 is 50.9. The second-order valence-electron chi connectivity index (χ2n) is 5.12. The number of anilines is 4. The topological polar surface area (TPSA) is 62.7 Å². The Morgan fingerprint density at radius 1 is 0.923 bits per heavy atom. The number of hydrogen-bond donors (Lipinski definition) is 2. The molecular weight excluding hydrogens is 374 g/mol. The number of nitrogens with zero attached hydrogens (tertiary/aromatic N) is 3. The molecule has 3 rings (SSSR count). The smallest absolute Gasteiger partial charge is 0.339 e. The Balaban J connectivity index is 1.73. The Kier molecular flexibility index (Phi) is 4.90. The first kappa shape index (κ1) is 17.9. The van der Waals surface area contributed by atoms with Crippen molar-refractivity contribution in [1.29, 1.82) is 0 Å². The first-order valence-electron chi connectivity index (χ1n) is 7.17. The quantitative estimate of drug-likeness (QED) is 0.608. The summed E-state index contributed by atoms with van der Waals surface area (Å²) in [6.07, 6.45) is -3.08. The maximum Gasteiger partial charge on any atom is 0.416 e. The van der Waals surface area contributed by atoms with Gasteiger partial charge < -0.3 is 10.6 Å². The molecular formula is C16H10ClF4N5. The van der Waals surface area contributed by atoms with Crippen LogP contribution in [-0.2, 0) is 6.18 Å². The normalized spacial score (nSPS) is 11.3. The summed E-state index contributed by atoms with van der Waals surface area (Å²) in [5.74, 6) is -0.192. The molecule has 0 atom stereocenters. The molecule has 0 aliphatic carbocycles. The largest absolute Gasteiger partial charge is 0.416 e. The summed E-state index contributed by atoms with van der Waals surface area (Å²) in [5.41, 5.74) is 0.0878. The molecule has 26 heavy (non-hydrogen) atoms. The Bertz CT molecular complexity index is 915. The second-order valence-corrected chi connectivity index (χ2v) is 5.53. The lowest BCUT2D eigenvalue weighted by molar-refractivity contribution is -0.137. The van der Waals surface area contributed by atoms with Crippen LogP contribution in [0.25, 0.3) is 0 Å². The molecule has 0 saturated heterocycles. The van der Waals surface area contributed by atoms with Gasteiger partial charge in [-0.15, -0.1) is 5.10 Å². The van der Waals surface area contributed by atoms with E-state index in [0.29, 0.717) is 11.4 Å². The van der Waals surface area contributed by atoms with Crippen molar-refractivity contribution >= 4 is 34.7 Å². The molecule has 0 amide bonds. The van der Waals surface area contributed by atoms with Crippen molar-refractivity contribution < 1.29 is 17.6 Å². The van der Waals surface area contributed by atoms with Crippen LogP contribution in [0.5, 0.6) is 0 Å². The fourth-order valence-electron chi connectivity index (χ4n) is 2.01. The predicted octanol–water partition coefficient (Wildman–Crippen LogP) is 5.17. The van der Waals surface area contributed by atoms with Gasteiger partial charge in [-0.2, -0.15) is 23.3 Å². The van der Waals surface area contributed by atoms with Gasteiger partial charge in [-0.05, 0) is 42.5 Å². The molecule has 1 aromatic heterocycles. The van der Waals surface area contributed by atoms with E-state index in [1.54, 1.807) is 0 Å². The zero-order valence-corrected chi connectivity index (χ0v) is 13.6. The first-order chi connectivity index (χ1) is 12.3. The van der Waals surface area contributed by atoms with E-state index in [2.05, 4.69) is 25.8 Å². The zero-order valence-electron chi connectivity index (χ0n) is 12.9. The van der Waals surface area contributed by atoms with Crippen molar-refractivity contribution in [3.8, 4) is 0 Å². The summed E-state index contributed by atoms with van der Waals surface area (Å²) in [4.78, 5) is 4.13. The van der Waals surface area contributed by atoms with Gasteiger partial charge in [-0.25, -0.2) is 4.39 Å². The molecule has 2 aromatic carbocycles. The van der Waals surface area contributed by atoms with E-state index in [1.165, 1.54) is 36.5 Å². The van der Waals surface area contributed by atoms with Gasteiger partial charge in [0.25, 0.3) is 0 Å². The van der Waals surface area contributed by atoms with Crippen LogP contribution in [0.2, 0.25) is 5.02 Å². The third-order valence-electron chi connectivity index (χ3n) is 3.22. The Morgan fingerprint density at radius 3 is 2.27 bits per heavy atom. The van der Waals surface area contributed by atoms with Crippen molar-refractivity contribution in [1.82, 2.24) is 15.2 Å². The highest BCUT2D eigenvalue weighted by molar-refractivity contribution is 6.31. The van der Waals surface area contributed by atoms with Crippen LogP contribution in [0.1, 0.15) is 5.56 Å². The predicted molar refractivity (Wildman–Crippen MR) is 89.2 cm³/mol. The van der Waals surface area contributed by atoms with E-state index in [-0.39, 0.29) is 16.8 Å².